The summed E-state index contributed by atoms with van der Waals surface area (Å²) >= 11 is 0. The van der Waals surface area contributed by atoms with Crippen molar-refractivity contribution in [3.63, 3.8) is 0 Å². The van der Waals surface area contributed by atoms with Crippen LogP contribution in [-0.2, 0) is 19.1 Å². The summed E-state index contributed by atoms with van der Waals surface area (Å²) in [4.78, 5) is 23.4. The topological polar surface area (TPSA) is 72.8 Å². The Morgan fingerprint density at radius 1 is 1.14 bits per heavy atom. The fraction of sp³-hybridized carbons (Fsp3) is 0.750. The summed E-state index contributed by atoms with van der Waals surface area (Å²) in [5.74, 6) is -0.469. The summed E-state index contributed by atoms with van der Waals surface area (Å²) in [5, 5.41) is 11.4. The van der Waals surface area contributed by atoms with Crippen molar-refractivity contribution in [3.05, 3.63) is 24.3 Å². The van der Waals surface area contributed by atoms with E-state index in [9.17, 15) is 14.7 Å². The molecule has 1 fully saturated rings. The van der Waals surface area contributed by atoms with Crippen LogP contribution >= 0.6 is 0 Å². The maximum absolute atomic E-state index is 11.7. The van der Waals surface area contributed by atoms with Crippen molar-refractivity contribution in [1.82, 2.24) is 0 Å². The molecule has 1 N–H and O–H groups in total. The van der Waals surface area contributed by atoms with Crippen LogP contribution in [0, 0.1) is 23.2 Å². The minimum Gasteiger partial charge on any atom is -0.460 e. The van der Waals surface area contributed by atoms with E-state index in [4.69, 9.17) is 9.47 Å². The summed E-state index contributed by atoms with van der Waals surface area (Å²) in [7, 11) is 0. The molecule has 5 nitrogen and oxygen atoms in total. The van der Waals surface area contributed by atoms with Crippen LogP contribution in [0.3, 0.4) is 0 Å². The minimum atomic E-state index is -0.880. The third-order valence-corrected chi connectivity index (χ3v) is 6.68. The fourth-order valence-corrected chi connectivity index (χ4v) is 5.41. The standard InChI is InChI=1S/C24H38O5/c1-16-9-8-12-24(7,29-18(3)26)15-20(27)21-19(22(4,5)28-17(2)25)11-14-23(21,6)13-10-16/h8,10,12-13,16,19-21,27H,9,11,14-15H2,1-7H3. The zero-order chi connectivity index (χ0) is 22.0. The quantitative estimate of drug-likeness (QED) is 0.548. The Kier molecular flexibility index (Phi) is 7.04. The Hall–Kier alpha value is -1.62. The van der Waals surface area contributed by atoms with Crippen LogP contribution in [0.2, 0.25) is 0 Å². The van der Waals surface area contributed by atoms with Gasteiger partial charge in [-0.2, -0.15) is 0 Å². The van der Waals surface area contributed by atoms with E-state index in [1.807, 2.05) is 32.9 Å². The largest absolute Gasteiger partial charge is 0.460 e. The number of fused-ring (bicyclic) bond motifs is 1. The normalized spacial score (nSPS) is 38.1. The molecule has 0 saturated heterocycles. The van der Waals surface area contributed by atoms with Crippen LogP contribution in [0.5, 0.6) is 0 Å². The molecule has 2 rings (SSSR count). The van der Waals surface area contributed by atoms with Crippen LogP contribution in [0.1, 0.15) is 74.1 Å². The Morgan fingerprint density at radius 3 is 2.38 bits per heavy atom. The first-order valence-corrected chi connectivity index (χ1v) is 10.7. The third kappa shape index (κ3) is 5.71. The molecule has 2 aliphatic rings. The van der Waals surface area contributed by atoms with Crippen LogP contribution in [0.4, 0.5) is 0 Å². The maximum atomic E-state index is 11.7. The number of aliphatic hydroxyl groups excluding tert-OH is 1. The smallest absolute Gasteiger partial charge is 0.303 e. The molecule has 0 spiro atoms. The predicted molar refractivity (Wildman–Crippen MR) is 113 cm³/mol. The summed E-state index contributed by atoms with van der Waals surface area (Å²) in [5.41, 5.74) is -1.80. The highest BCUT2D eigenvalue weighted by Crippen LogP contribution is 2.55. The van der Waals surface area contributed by atoms with Gasteiger partial charge in [0, 0.05) is 32.1 Å². The van der Waals surface area contributed by atoms with Crippen molar-refractivity contribution < 1.29 is 24.2 Å². The summed E-state index contributed by atoms with van der Waals surface area (Å²) < 4.78 is 11.3. The SMILES string of the molecule is CC(=O)OC1(C)C=CCC(C)C=CC2(C)CCC(C(C)(C)OC(C)=O)C2C(O)C1. The Labute approximate surface area is 175 Å². The number of carbonyl (C=O) groups excluding carboxylic acids is 2. The Morgan fingerprint density at radius 2 is 1.79 bits per heavy atom. The van der Waals surface area contributed by atoms with Gasteiger partial charge in [-0.05, 0) is 57.4 Å². The highest BCUT2D eigenvalue weighted by Gasteiger charge is 2.54. The van der Waals surface area contributed by atoms with Gasteiger partial charge in [0.2, 0.25) is 0 Å². The zero-order valence-electron chi connectivity index (χ0n) is 19.0. The number of carbonyl (C=O) groups is 2. The third-order valence-electron chi connectivity index (χ3n) is 6.68. The number of allylic oxidation sites excluding steroid dienone is 3. The number of hydrogen-bond acceptors (Lipinski definition) is 5. The lowest BCUT2D eigenvalue weighted by Crippen LogP contribution is -2.47. The van der Waals surface area contributed by atoms with Gasteiger partial charge in [0.05, 0.1) is 6.10 Å². The number of esters is 2. The Bertz CT molecular complexity index is 679. The maximum Gasteiger partial charge on any atom is 0.303 e. The molecule has 29 heavy (non-hydrogen) atoms. The zero-order valence-corrected chi connectivity index (χ0v) is 19.0. The highest BCUT2D eigenvalue weighted by atomic mass is 16.6. The number of ether oxygens (including phenoxy) is 2. The summed E-state index contributed by atoms with van der Waals surface area (Å²) in [6, 6.07) is 0. The van der Waals surface area contributed by atoms with E-state index in [0.29, 0.717) is 12.3 Å². The number of rotatable bonds is 3. The first-order chi connectivity index (χ1) is 13.3. The van der Waals surface area contributed by atoms with Crippen LogP contribution in [0.25, 0.3) is 0 Å². The molecule has 2 aliphatic carbocycles. The number of hydrogen-bond donors (Lipinski definition) is 1. The monoisotopic (exact) mass is 406 g/mol. The molecular formula is C24H38O5. The number of aliphatic hydroxyl groups is 1. The van der Waals surface area contributed by atoms with E-state index < -0.39 is 17.3 Å². The van der Waals surface area contributed by atoms with Crippen LogP contribution < -0.4 is 0 Å². The van der Waals surface area contributed by atoms with Gasteiger partial charge >= 0.3 is 11.9 Å². The molecule has 5 heteroatoms. The lowest BCUT2D eigenvalue weighted by atomic mass is 9.68. The van der Waals surface area contributed by atoms with E-state index in [-0.39, 0.29) is 29.2 Å². The van der Waals surface area contributed by atoms with Crippen molar-refractivity contribution in [2.24, 2.45) is 23.2 Å². The Balaban J connectivity index is 2.48. The van der Waals surface area contributed by atoms with Gasteiger partial charge in [-0.1, -0.05) is 32.1 Å². The molecule has 0 amide bonds. The molecule has 6 atom stereocenters. The summed E-state index contributed by atoms with van der Waals surface area (Å²) in [6.07, 6.45) is 10.6. The van der Waals surface area contributed by atoms with Gasteiger partial charge in [0.15, 0.2) is 0 Å². The van der Waals surface area contributed by atoms with E-state index in [2.05, 4.69) is 26.0 Å². The van der Waals surface area contributed by atoms with E-state index in [1.165, 1.54) is 13.8 Å². The van der Waals surface area contributed by atoms with Crippen LogP contribution in [-0.4, -0.2) is 34.4 Å². The van der Waals surface area contributed by atoms with Gasteiger partial charge in [0.25, 0.3) is 0 Å². The van der Waals surface area contributed by atoms with Crippen molar-refractivity contribution in [2.75, 3.05) is 0 Å². The fourth-order valence-electron chi connectivity index (χ4n) is 5.41. The van der Waals surface area contributed by atoms with Crippen molar-refractivity contribution in [1.29, 1.82) is 0 Å². The minimum absolute atomic E-state index is 0.00216. The lowest BCUT2D eigenvalue weighted by Gasteiger charge is -2.43. The molecule has 0 aromatic carbocycles. The van der Waals surface area contributed by atoms with E-state index in [0.717, 1.165) is 19.3 Å². The second kappa shape index (κ2) is 8.63. The molecule has 0 aromatic heterocycles. The van der Waals surface area contributed by atoms with E-state index in [1.54, 1.807) is 0 Å². The average Bonchev–Trinajstić information content (AvgIpc) is 2.88. The molecule has 0 heterocycles. The van der Waals surface area contributed by atoms with Gasteiger partial charge in [0.1, 0.15) is 11.2 Å². The molecule has 0 aromatic rings. The van der Waals surface area contributed by atoms with Gasteiger partial charge < -0.3 is 14.6 Å². The van der Waals surface area contributed by atoms with Crippen LogP contribution in [0.15, 0.2) is 24.3 Å². The second-order valence-corrected chi connectivity index (χ2v) is 10.0. The second-order valence-electron chi connectivity index (χ2n) is 10.0. The van der Waals surface area contributed by atoms with E-state index >= 15 is 0 Å². The van der Waals surface area contributed by atoms with Gasteiger partial charge in [-0.25, -0.2) is 0 Å². The van der Waals surface area contributed by atoms with Crippen molar-refractivity contribution >= 4 is 11.9 Å². The predicted octanol–water partition coefficient (Wildman–Crippen LogP) is 4.59. The first-order valence-electron chi connectivity index (χ1n) is 10.7. The first kappa shape index (κ1) is 23.7. The molecule has 0 radical (unpaired) electrons. The molecule has 1 saturated carbocycles. The van der Waals surface area contributed by atoms with Crippen molar-refractivity contribution in [3.8, 4) is 0 Å². The molecule has 0 bridgehead atoms. The highest BCUT2D eigenvalue weighted by molar-refractivity contribution is 5.67. The van der Waals surface area contributed by atoms with Gasteiger partial charge in [-0.15, -0.1) is 0 Å². The average molecular weight is 407 g/mol. The lowest BCUT2D eigenvalue weighted by molar-refractivity contribution is -0.166. The molecule has 0 aliphatic heterocycles. The van der Waals surface area contributed by atoms with Crippen molar-refractivity contribution in [2.45, 2.75) is 91.5 Å². The molecular weight excluding hydrogens is 368 g/mol. The molecule has 164 valence electrons. The summed E-state index contributed by atoms with van der Waals surface area (Å²) in [6.45, 7) is 12.9. The van der Waals surface area contributed by atoms with Gasteiger partial charge in [-0.3, -0.25) is 9.59 Å². The molecule has 6 unspecified atom stereocenters.